The first-order valence-electron chi connectivity index (χ1n) is 5.13. The summed E-state index contributed by atoms with van der Waals surface area (Å²) in [7, 11) is -0.533. The summed E-state index contributed by atoms with van der Waals surface area (Å²) >= 11 is 0.630. The van der Waals surface area contributed by atoms with Gasteiger partial charge in [-0.1, -0.05) is 11.3 Å². The Morgan fingerprint density at radius 3 is 2.50 bits per heavy atom. The fourth-order valence-corrected chi connectivity index (χ4v) is 3.60. The maximum Gasteiger partial charge on any atom is 0.305 e. The van der Waals surface area contributed by atoms with Crippen LogP contribution in [-0.2, 0) is 14.8 Å². The van der Waals surface area contributed by atoms with Gasteiger partial charge in [-0.3, -0.25) is 9.59 Å². The summed E-state index contributed by atoms with van der Waals surface area (Å²) in [5.74, 6) is -0.170. The second-order valence-corrected chi connectivity index (χ2v) is 6.81. The summed E-state index contributed by atoms with van der Waals surface area (Å²) in [6.45, 7) is 1.52. The molecule has 7 nitrogen and oxygen atoms in total. The number of hydrogen-bond donors (Lipinski definition) is 2. The third-order valence-electron chi connectivity index (χ3n) is 2.15. The Bertz CT molecular complexity index is 585. The van der Waals surface area contributed by atoms with Crippen LogP contribution in [0, 0.1) is 6.92 Å². The first-order valence-corrected chi connectivity index (χ1v) is 7.43. The highest BCUT2D eigenvalue weighted by molar-refractivity contribution is 7.91. The summed E-state index contributed by atoms with van der Waals surface area (Å²) in [6.07, 6.45) is 0.0740. The summed E-state index contributed by atoms with van der Waals surface area (Å²) in [5.41, 5.74) is 0.302. The molecule has 0 saturated carbocycles. The summed E-state index contributed by atoms with van der Waals surface area (Å²) in [6, 6.07) is 0. The molecule has 0 radical (unpaired) electrons. The molecule has 1 rings (SSSR count). The van der Waals surface area contributed by atoms with Crippen LogP contribution in [0.3, 0.4) is 0 Å². The van der Waals surface area contributed by atoms with Crippen molar-refractivity contribution in [1.82, 2.24) is 14.6 Å². The Morgan fingerprint density at radius 1 is 1.44 bits per heavy atom. The van der Waals surface area contributed by atoms with Crippen LogP contribution in [0.25, 0.3) is 0 Å². The zero-order chi connectivity index (χ0) is 13.9. The fraction of sp³-hybridized carbons (Fsp3) is 0.556. The third kappa shape index (κ3) is 3.65. The molecule has 0 aliphatic carbocycles. The molecule has 2 N–H and O–H groups in total. The predicted molar refractivity (Wildman–Crippen MR) is 68.2 cm³/mol. The molecule has 0 aliphatic rings. The number of aromatic nitrogens is 1. The Hall–Kier alpha value is -1.19. The number of nitrogens with zero attached hydrogens (tertiary/aromatic N) is 1. The van der Waals surface area contributed by atoms with Crippen LogP contribution in [-0.4, -0.2) is 44.8 Å². The highest BCUT2D eigenvalue weighted by atomic mass is 32.2. The highest BCUT2D eigenvalue weighted by Gasteiger charge is 2.20. The van der Waals surface area contributed by atoms with Gasteiger partial charge in [0.2, 0.25) is 5.91 Å². The van der Waals surface area contributed by atoms with E-state index in [0.29, 0.717) is 17.0 Å². The smallest absolute Gasteiger partial charge is 0.305 e. The summed E-state index contributed by atoms with van der Waals surface area (Å²) in [5, 5.41) is 0. The van der Waals surface area contributed by atoms with Crippen molar-refractivity contribution >= 4 is 27.3 Å². The Balaban J connectivity index is 2.70. The van der Waals surface area contributed by atoms with E-state index in [0.717, 1.165) is 0 Å². The van der Waals surface area contributed by atoms with E-state index in [9.17, 15) is 18.0 Å². The number of nitrogens with one attached hydrogen (secondary N) is 2. The molecule has 102 valence electrons. The maximum atomic E-state index is 11.8. The minimum absolute atomic E-state index is 0.00484. The van der Waals surface area contributed by atoms with Crippen LogP contribution in [0.2, 0.25) is 0 Å². The fourth-order valence-electron chi connectivity index (χ4n) is 1.23. The van der Waals surface area contributed by atoms with Crippen molar-refractivity contribution in [2.75, 3.05) is 20.6 Å². The van der Waals surface area contributed by atoms with Gasteiger partial charge < -0.3 is 9.88 Å². The Morgan fingerprint density at radius 2 is 2.06 bits per heavy atom. The quantitative estimate of drug-likeness (QED) is 0.764. The van der Waals surface area contributed by atoms with E-state index in [1.807, 2.05) is 0 Å². The van der Waals surface area contributed by atoms with Crippen LogP contribution < -0.4 is 9.60 Å². The molecule has 18 heavy (non-hydrogen) atoms. The second-order valence-electron chi connectivity index (χ2n) is 3.86. The molecule has 0 aliphatic heterocycles. The topological polar surface area (TPSA) is 99.3 Å². The SMILES string of the molecule is Cc1[nH]c(=O)sc1S(=O)(=O)NCCC(=O)N(C)C. The molecule has 0 atom stereocenters. The first kappa shape index (κ1) is 14.9. The van der Waals surface area contributed by atoms with Crippen molar-refractivity contribution in [3.63, 3.8) is 0 Å². The molecule has 9 heteroatoms. The van der Waals surface area contributed by atoms with Gasteiger partial charge in [-0.2, -0.15) is 0 Å². The van der Waals surface area contributed by atoms with Crippen molar-refractivity contribution < 1.29 is 13.2 Å². The number of carbonyl (C=O) groups excluding carboxylic acids is 1. The van der Waals surface area contributed by atoms with E-state index < -0.39 is 14.9 Å². The number of rotatable bonds is 5. The molecular weight excluding hydrogens is 278 g/mol. The standard InChI is InChI=1S/C9H15N3O4S2/c1-6-8(17-9(14)11-6)18(15,16)10-5-4-7(13)12(2)3/h10H,4-5H2,1-3H3,(H,11,14). The predicted octanol–water partition coefficient (Wildman–Crippen LogP) is -0.499. The lowest BCUT2D eigenvalue weighted by atomic mass is 10.4. The van der Waals surface area contributed by atoms with Gasteiger partial charge in [-0.25, -0.2) is 13.1 Å². The molecule has 1 aromatic heterocycles. The molecule has 0 bridgehead atoms. The van der Waals surface area contributed by atoms with Gasteiger partial charge in [0.1, 0.15) is 0 Å². The van der Waals surface area contributed by atoms with Gasteiger partial charge in [-0.05, 0) is 6.92 Å². The van der Waals surface area contributed by atoms with Crippen LogP contribution in [0.4, 0.5) is 0 Å². The van der Waals surface area contributed by atoms with Gasteiger partial charge >= 0.3 is 4.87 Å². The number of thiazole rings is 1. The second kappa shape index (κ2) is 5.63. The molecule has 0 fully saturated rings. The van der Waals surface area contributed by atoms with Gasteiger partial charge in [-0.15, -0.1) is 0 Å². The normalized spacial score (nSPS) is 11.5. The first-order chi connectivity index (χ1) is 8.24. The number of amides is 1. The molecule has 1 amide bonds. The van der Waals surface area contributed by atoms with Gasteiger partial charge in [0, 0.05) is 32.8 Å². The molecular formula is C9H15N3O4S2. The lowest BCUT2D eigenvalue weighted by molar-refractivity contribution is -0.128. The van der Waals surface area contributed by atoms with E-state index in [1.165, 1.54) is 11.8 Å². The zero-order valence-electron chi connectivity index (χ0n) is 10.3. The molecule has 0 saturated heterocycles. The van der Waals surface area contributed by atoms with E-state index in [2.05, 4.69) is 9.71 Å². The number of aryl methyl sites for hydroxylation is 1. The van der Waals surface area contributed by atoms with Crippen LogP contribution in [0.15, 0.2) is 9.00 Å². The lowest BCUT2D eigenvalue weighted by Crippen LogP contribution is -2.30. The van der Waals surface area contributed by atoms with Crippen molar-refractivity contribution in [3.05, 3.63) is 15.4 Å². The summed E-state index contributed by atoms with van der Waals surface area (Å²) < 4.78 is 25.9. The number of sulfonamides is 1. The molecule has 1 heterocycles. The number of H-pyrrole nitrogens is 1. The van der Waals surface area contributed by atoms with Crippen LogP contribution in [0.1, 0.15) is 12.1 Å². The molecule has 1 aromatic rings. The highest BCUT2D eigenvalue weighted by Crippen LogP contribution is 2.15. The van der Waals surface area contributed by atoms with E-state index in [4.69, 9.17) is 0 Å². The van der Waals surface area contributed by atoms with Crippen LogP contribution in [0.5, 0.6) is 0 Å². The monoisotopic (exact) mass is 293 g/mol. The average molecular weight is 293 g/mol. The van der Waals surface area contributed by atoms with Crippen molar-refractivity contribution in [2.45, 2.75) is 17.6 Å². The van der Waals surface area contributed by atoms with Crippen molar-refractivity contribution in [1.29, 1.82) is 0 Å². The minimum atomic E-state index is -3.72. The number of carbonyl (C=O) groups is 1. The largest absolute Gasteiger partial charge is 0.349 e. The van der Waals surface area contributed by atoms with Crippen LogP contribution >= 0.6 is 11.3 Å². The Labute approximate surface area is 109 Å². The molecule has 0 aromatic carbocycles. The number of aromatic amines is 1. The Kier molecular flexibility index (Phi) is 4.65. The maximum absolute atomic E-state index is 11.8. The molecule has 0 spiro atoms. The van der Waals surface area contributed by atoms with E-state index >= 15 is 0 Å². The lowest BCUT2D eigenvalue weighted by Gasteiger charge is -2.10. The minimum Gasteiger partial charge on any atom is -0.349 e. The third-order valence-corrected chi connectivity index (χ3v) is 5.22. The summed E-state index contributed by atoms with van der Waals surface area (Å²) in [4.78, 5) is 25.7. The van der Waals surface area contributed by atoms with Crippen molar-refractivity contribution in [3.8, 4) is 0 Å². The number of hydrogen-bond acceptors (Lipinski definition) is 5. The van der Waals surface area contributed by atoms with Gasteiger partial charge in [0.25, 0.3) is 10.0 Å². The molecule has 0 unspecified atom stereocenters. The zero-order valence-corrected chi connectivity index (χ0v) is 11.9. The van der Waals surface area contributed by atoms with Gasteiger partial charge in [0.15, 0.2) is 4.21 Å². The van der Waals surface area contributed by atoms with Gasteiger partial charge in [0.05, 0.1) is 0 Å². The van der Waals surface area contributed by atoms with E-state index in [-0.39, 0.29) is 23.1 Å². The van der Waals surface area contributed by atoms with E-state index in [1.54, 1.807) is 14.1 Å². The average Bonchev–Trinajstić information content (AvgIpc) is 2.58. The van der Waals surface area contributed by atoms with Crippen molar-refractivity contribution in [2.24, 2.45) is 0 Å².